The van der Waals surface area contributed by atoms with Gasteiger partial charge in [-0.05, 0) is 44.0 Å². The summed E-state index contributed by atoms with van der Waals surface area (Å²) >= 11 is 5.92. The van der Waals surface area contributed by atoms with E-state index in [0.717, 1.165) is 31.1 Å². The van der Waals surface area contributed by atoms with Gasteiger partial charge in [0.25, 0.3) is 0 Å². The van der Waals surface area contributed by atoms with E-state index in [1.807, 2.05) is 12.1 Å². The van der Waals surface area contributed by atoms with Crippen LogP contribution in [0.2, 0.25) is 5.02 Å². The predicted octanol–water partition coefficient (Wildman–Crippen LogP) is 5.98. The van der Waals surface area contributed by atoms with Gasteiger partial charge in [0.1, 0.15) is 0 Å². The molecule has 0 radical (unpaired) electrons. The van der Waals surface area contributed by atoms with Gasteiger partial charge in [-0.3, -0.25) is 0 Å². The van der Waals surface area contributed by atoms with E-state index < -0.39 is 0 Å². The van der Waals surface area contributed by atoms with Gasteiger partial charge in [0.15, 0.2) is 0 Å². The van der Waals surface area contributed by atoms with Crippen molar-refractivity contribution in [2.45, 2.75) is 84.1 Å². The van der Waals surface area contributed by atoms with Crippen LogP contribution < -0.4 is 10.6 Å². The van der Waals surface area contributed by atoms with Gasteiger partial charge >= 0.3 is 0 Å². The molecule has 1 rings (SSSR count). The molecular formula is C22H39ClN2. The highest BCUT2D eigenvalue weighted by Crippen LogP contribution is 2.11. The zero-order valence-corrected chi connectivity index (χ0v) is 17.2. The van der Waals surface area contributed by atoms with Gasteiger partial charge in [0.05, 0.1) is 0 Å². The number of hydrogen-bond acceptors (Lipinski definition) is 2. The highest BCUT2D eigenvalue weighted by atomic mass is 35.5. The van der Waals surface area contributed by atoms with Crippen molar-refractivity contribution < 1.29 is 0 Å². The first-order chi connectivity index (χ1) is 12.2. The van der Waals surface area contributed by atoms with Gasteiger partial charge in [-0.25, -0.2) is 0 Å². The molecule has 0 fully saturated rings. The van der Waals surface area contributed by atoms with E-state index >= 15 is 0 Å². The van der Waals surface area contributed by atoms with Crippen LogP contribution in [0.3, 0.4) is 0 Å². The Morgan fingerprint density at radius 1 is 0.800 bits per heavy atom. The summed E-state index contributed by atoms with van der Waals surface area (Å²) in [6.07, 6.45) is 13.6. The minimum absolute atomic E-state index is 0.496. The van der Waals surface area contributed by atoms with Crippen molar-refractivity contribution in [1.82, 2.24) is 10.6 Å². The zero-order valence-electron chi connectivity index (χ0n) is 16.5. The number of halogens is 1. The molecule has 0 aliphatic carbocycles. The Morgan fingerprint density at radius 3 is 2.04 bits per heavy atom. The molecule has 1 atom stereocenters. The monoisotopic (exact) mass is 366 g/mol. The molecule has 0 saturated heterocycles. The molecule has 1 aromatic rings. The van der Waals surface area contributed by atoms with Crippen molar-refractivity contribution in [3.8, 4) is 0 Å². The predicted molar refractivity (Wildman–Crippen MR) is 113 cm³/mol. The SMILES string of the molecule is CCCCCCCCCCCNCCNC(C)Cc1ccc(Cl)cc1. The van der Waals surface area contributed by atoms with Crippen LogP contribution in [0.15, 0.2) is 24.3 Å². The lowest BCUT2D eigenvalue weighted by Gasteiger charge is -2.14. The second-order valence-corrected chi connectivity index (χ2v) is 7.70. The fraction of sp³-hybridized carbons (Fsp3) is 0.727. The van der Waals surface area contributed by atoms with Crippen molar-refractivity contribution in [2.24, 2.45) is 0 Å². The number of nitrogens with one attached hydrogen (secondary N) is 2. The van der Waals surface area contributed by atoms with Crippen LogP contribution in [0.1, 0.15) is 77.2 Å². The van der Waals surface area contributed by atoms with E-state index in [1.165, 1.54) is 63.4 Å². The largest absolute Gasteiger partial charge is 0.315 e. The number of unbranched alkanes of at least 4 members (excludes halogenated alkanes) is 8. The Hall–Kier alpha value is -0.570. The molecule has 0 saturated carbocycles. The molecule has 0 bridgehead atoms. The summed E-state index contributed by atoms with van der Waals surface area (Å²) in [7, 11) is 0. The van der Waals surface area contributed by atoms with Crippen molar-refractivity contribution in [2.75, 3.05) is 19.6 Å². The Bertz CT molecular complexity index is 405. The van der Waals surface area contributed by atoms with E-state index in [-0.39, 0.29) is 0 Å². The lowest BCUT2D eigenvalue weighted by molar-refractivity contribution is 0.512. The molecule has 0 amide bonds. The number of hydrogen-bond donors (Lipinski definition) is 2. The van der Waals surface area contributed by atoms with Crippen LogP contribution in [0.5, 0.6) is 0 Å². The molecule has 25 heavy (non-hydrogen) atoms. The summed E-state index contributed by atoms with van der Waals surface area (Å²) in [5, 5.41) is 7.95. The van der Waals surface area contributed by atoms with Gasteiger partial charge in [0, 0.05) is 24.2 Å². The van der Waals surface area contributed by atoms with Crippen LogP contribution in [-0.4, -0.2) is 25.7 Å². The van der Waals surface area contributed by atoms with E-state index in [0.29, 0.717) is 6.04 Å². The lowest BCUT2D eigenvalue weighted by Crippen LogP contribution is -2.34. The molecule has 1 unspecified atom stereocenters. The van der Waals surface area contributed by atoms with Crippen LogP contribution in [0.25, 0.3) is 0 Å². The van der Waals surface area contributed by atoms with Crippen molar-refractivity contribution in [1.29, 1.82) is 0 Å². The lowest BCUT2D eigenvalue weighted by atomic mass is 10.1. The summed E-state index contributed by atoms with van der Waals surface area (Å²) in [6, 6.07) is 8.66. The van der Waals surface area contributed by atoms with Crippen molar-refractivity contribution in [3.05, 3.63) is 34.9 Å². The third-order valence-electron chi connectivity index (χ3n) is 4.71. The number of benzene rings is 1. The summed E-state index contributed by atoms with van der Waals surface area (Å²) in [4.78, 5) is 0. The van der Waals surface area contributed by atoms with Gasteiger partial charge < -0.3 is 10.6 Å². The summed E-state index contributed by atoms with van der Waals surface area (Å²) in [5.41, 5.74) is 1.34. The van der Waals surface area contributed by atoms with Gasteiger partial charge in [-0.2, -0.15) is 0 Å². The molecule has 144 valence electrons. The zero-order chi connectivity index (χ0) is 18.2. The van der Waals surface area contributed by atoms with E-state index in [4.69, 9.17) is 11.6 Å². The highest BCUT2D eigenvalue weighted by Gasteiger charge is 2.02. The molecule has 0 heterocycles. The first-order valence-electron chi connectivity index (χ1n) is 10.4. The van der Waals surface area contributed by atoms with Crippen LogP contribution >= 0.6 is 11.6 Å². The molecule has 2 N–H and O–H groups in total. The maximum atomic E-state index is 5.92. The fourth-order valence-electron chi connectivity index (χ4n) is 3.14. The van der Waals surface area contributed by atoms with E-state index in [1.54, 1.807) is 0 Å². The molecule has 0 aromatic heterocycles. The maximum absolute atomic E-state index is 5.92. The average Bonchev–Trinajstić information content (AvgIpc) is 2.61. The first-order valence-corrected chi connectivity index (χ1v) is 10.8. The molecule has 2 nitrogen and oxygen atoms in total. The smallest absolute Gasteiger partial charge is 0.0406 e. The molecular weight excluding hydrogens is 328 g/mol. The second-order valence-electron chi connectivity index (χ2n) is 7.26. The summed E-state index contributed by atoms with van der Waals surface area (Å²) < 4.78 is 0. The topological polar surface area (TPSA) is 24.1 Å². The van der Waals surface area contributed by atoms with E-state index in [9.17, 15) is 0 Å². The summed E-state index contributed by atoms with van der Waals surface area (Å²) in [5.74, 6) is 0. The Balaban J connectivity index is 1.84. The first kappa shape index (κ1) is 22.5. The third kappa shape index (κ3) is 13.3. The Labute approximate surface area is 161 Å². The minimum Gasteiger partial charge on any atom is -0.315 e. The third-order valence-corrected chi connectivity index (χ3v) is 4.96. The van der Waals surface area contributed by atoms with Crippen LogP contribution in [-0.2, 0) is 6.42 Å². The van der Waals surface area contributed by atoms with Crippen LogP contribution in [0.4, 0.5) is 0 Å². The average molecular weight is 367 g/mol. The van der Waals surface area contributed by atoms with Gasteiger partial charge in [-0.1, -0.05) is 82.0 Å². The molecule has 3 heteroatoms. The highest BCUT2D eigenvalue weighted by molar-refractivity contribution is 6.30. The summed E-state index contributed by atoms with van der Waals surface area (Å²) in [6.45, 7) is 7.77. The molecule has 1 aromatic carbocycles. The molecule has 0 aliphatic heterocycles. The number of rotatable bonds is 16. The fourth-order valence-corrected chi connectivity index (χ4v) is 3.26. The van der Waals surface area contributed by atoms with Crippen LogP contribution in [0, 0.1) is 0 Å². The van der Waals surface area contributed by atoms with E-state index in [2.05, 4.69) is 36.6 Å². The quantitative estimate of drug-likeness (QED) is 0.351. The maximum Gasteiger partial charge on any atom is 0.0406 e. The Kier molecular flexibility index (Phi) is 14.1. The van der Waals surface area contributed by atoms with Crippen molar-refractivity contribution in [3.63, 3.8) is 0 Å². The Morgan fingerprint density at radius 2 is 1.40 bits per heavy atom. The van der Waals surface area contributed by atoms with Gasteiger partial charge in [0.2, 0.25) is 0 Å². The van der Waals surface area contributed by atoms with Gasteiger partial charge in [-0.15, -0.1) is 0 Å². The normalized spacial score (nSPS) is 12.4. The standard InChI is InChI=1S/C22H39ClN2/c1-3-4-5-6-7-8-9-10-11-16-24-17-18-25-20(2)19-21-12-14-22(23)15-13-21/h12-15,20,24-25H,3-11,16-19H2,1-2H3. The van der Waals surface area contributed by atoms with Crippen molar-refractivity contribution >= 4 is 11.6 Å². The minimum atomic E-state index is 0.496. The molecule has 0 aliphatic rings. The molecule has 0 spiro atoms. The second kappa shape index (κ2) is 15.7.